The molecule has 0 saturated carbocycles. The van der Waals surface area contributed by atoms with Crippen molar-refractivity contribution < 1.29 is 9.59 Å². The highest BCUT2D eigenvalue weighted by atomic mass is 16.2. The zero-order chi connectivity index (χ0) is 24.3. The lowest BCUT2D eigenvalue weighted by molar-refractivity contribution is -0.132. The first kappa shape index (κ1) is 23.7. The fraction of sp³-hybridized carbons (Fsp3) is 0.393. The fourth-order valence-corrected chi connectivity index (χ4v) is 4.62. The number of aliphatic imine (C=N–C) groups is 1. The molecule has 0 unspecified atom stereocenters. The molecule has 2 heterocycles. The first-order chi connectivity index (χ1) is 16.3. The molecule has 4 rings (SSSR count). The van der Waals surface area contributed by atoms with Crippen LogP contribution in [0.5, 0.6) is 0 Å². The number of amides is 2. The van der Waals surface area contributed by atoms with E-state index in [2.05, 4.69) is 42.4 Å². The van der Waals surface area contributed by atoms with Crippen molar-refractivity contribution in [1.29, 1.82) is 0 Å². The lowest BCUT2D eigenvalue weighted by Crippen LogP contribution is -2.63. The van der Waals surface area contributed by atoms with Gasteiger partial charge in [-0.2, -0.15) is 0 Å². The van der Waals surface area contributed by atoms with E-state index in [1.807, 2.05) is 66.2 Å². The van der Waals surface area contributed by atoms with Gasteiger partial charge in [0.1, 0.15) is 0 Å². The Labute approximate surface area is 202 Å². The highest BCUT2D eigenvalue weighted by Gasteiger charge is 2.40. The molecule has 6 nitrogen and oxygen atoms in total. The molecule has 0 aliphatic carbocycles. The number of carbonyl (C=O) groups is 2. The van der Waals surface area contributed by atoms with Crippen LogP contribution < -0.4 is 5.32 Å². The number of hydrogen-bond donors (Lipinski definition) is 1. The lowest BCUT2D eigenvalue weighted by atomic mass is 9.96. The number of amidine groups is 1. The molecule has 1 saturated heterocycles. The van der Waals surface area contributed by atoms with Crippen LogP contribution in [-0.4, -0.2) is 59.2 Å². The number of benzene rings is 2. The summed E-state index contributed by atoms with van der Waals surface area (Å²) in [4.78, 5) is 34.9. The zero-order valence-corrected chi connectivity index (χ0v) is 20.5. The zero-order valence-electron chi connectivity index (χ0n) is 20.5. The van der Waals surface area contributed by atoms with Gasteiger partial charge in [-0.3, -0.25) is 14.6 Å². The molecule has 1 fully saturated rings. The van der Waals surface area contributed by atoms with E-state index in [0.29, 0.717) is 43.5 Å². The summed E-state index contributed by atoms with van der Waals surface area (Å²) in [5.41, 5.74) is 3.61. The molecular weight excluding hydrogens is 424 g/mol. The number of carbonyl (C=O) groups excluding carboxylic acids is 2. The van der Waals surface area contributed by atoms with Gasteiger partial charge in [-0.25, -0.2) is 0 Å². The van der Waals surface area contributed by atoms with E-state index in [9.17, 15) is 9.59 Å². The third-order valence-corrected chi connectivity index (χ3v) is 6.62. The van der Waals surface area contributed by atoms with Gasteiger partial charge >= 0.3 is 0 Å². The quantitative estimate of drug-likeness (QED) is 0.743. The number of rotatable bonds is 4. The van der Waals surface area contributed by atoms with Gasteiger partial charge in [0.05, 0.1) is 5.54 Å². The first-order valence-corrected chi connectivity index (χ1v) is 12.0. The van der Waals surface area contributed by atoms with Crippen molar-refractivity contribution in [2.45, 2.75) is 45.6 Å². The second kappa shape index (κ2) is 9.84. The summed E-state index contributed by atoms with van der Waals surface area (Å²) in [6.07, 6.45) is 2.67. The van der Waals surface area contributed by atoms with E-state index in [-0.39, 0.29) is 11.8 Å². The molecule has 2 aliphatic heterocycles. The molecule has 0 radical (unpaired) electrons. The van der Waals surface area contributed by atoms with Gasteiger partial charge in [-0.05, 0) is 55.0 Å². The van der Waals surface area contributed by atoms with Crippen molar-refractivity contribution >= 4 is 23.2 Å². The Morgan fingerprint density at radius 1 is 1.00 bits per heavy atom. The summed E-state index contributed by atoms with van der Waals surface area (Å²) >= 11 is 0. The Bertz CT molecular complexity index is 1120. The molecule has 0 aromatic heterocycles. The molecule has 6 heteroatoms. The first-order valence-electron chi connectivity index (χ1n) is 12.0. The molecule has 2 amide bonds. The standard InChI is InChI=1S/C28H34N4O2/c1-20(2)22-11-8-12-23(17-22)26(33)31-15-16-32(28(3,4)19-31)27(34)25-29-14-13-24(18-30-25)21-9-6-5-7-10-21/h5-12,17-18,20H,13-16,19H2,1-4H3,(H,29,30). The topological polar surface area (TPSA) is 65.0 Å². The van der Waals surface area contributed by atoms with Crippen molar-refractivity contribution in [2.75, 3.05) is 26.2 Å². The van der Waals surface area contributed by atoms with Crippen LogP contribution in [0.3, 0.4) is 0 Å². The molecule has 34 heavy (non-hydrogen) atoms. The van der Waals surface area contributed by atoms with E-state index in [4.69, 9.17) is 0 Å². The Balaban J connectivity index is 1.45. The molecule has 0 bridgehead atoms. The van der Waals surface area contributed by atoms with Gasteiger partial charge < -0.3 is 15.1 Å². The van der Waals surface area contributed by atoms with Gasteiger partial charge in [-0.1, -0.05) is 56.3 Å². The summed E-state index contributed by atoms with van der Waals surface area (Å²) in [5, 5.41) is 3.16. The number of hydrogen-bond acceptors (Lipinski definition) is 4. The average molecular weight is 459 g/mol. The monoisotopic (exact) mass is 458 g/mol. The summed E-state index contributed by atoms with van der Waals surface area (Å²) in [7, 11) is 0. The van der Waals surface area contributed by atoms with E-state index < -0.39 is 5.54 Å². The van der Waals surface area contributed by atoms with Crippen molar-refractivity contribution in [3.8, 4) is 0 Å². The van der Waals surface area contributed by atoms with Gasteiger partial charge in [0.2, 0.25) is 0 Å². The van der Waals surface area contributed by atoms with E-state index in [1.165, 1.54) is 0 Å². The molecular formula is C28H34N4O2. The van der Waals surface area contributed by atoms with Crippen LogP contribution in [0.15, 0.2) is 65.8 Å². The summed E-state index contributed by atoms with van der Waals surface area (Å²) in [6, 6.07) is 18.0. The van der Waals surface area contributed by atoms with Crippen molar-refractivity contribution in [1.82, 2.24) is 15.1 Å². The molecule has 178 valence electrons. The third kappa shape index (κ3) is 5.06. The van der Waals surface area contributed by atoms with Gasteiger partial charge in [0, 0.05) is 37.9 Å². The van der Waals surface area contributed by atoms with E-state index in [1.54, 1.807) is 0 Å². The van der Waals surface area contributed by atoms with E-state index in [0.717, 1.165) is 23.1 Å². The van der Waals surface area contributed by atoms with Crippen LogP contribution in [0, 0.1) is 0 Å². The van der Waals surface area contributed by atoms with Crippen molar-refractivity contribution in [3.05, 3.63) is 77.5 Å². The summed E-state index contributed by atoms with van der Waals surface area (Å²) in [6.45, 7) is 10.3. The predicted octanol–water partition coefficient (Wildman–Crippen LogP) is 4.31. The van der Waals surface area contributed by atoms with Crippen molar-refractivity contribution in [2.24, 2.45) is 4.99 Å². The average Bonchev–Trinajstić information content (AvgIpc) is 3.09. The minimum atomic E-state index is -0.511. The van der Waals surface area contributed by atoms with Crippen LogP contribution in [0.4, 0.5) is 0 Å². The molecule has 0 atom stereocenters. The molecule has 2 aromatic rings. The highest BCUT2D eigenvalue weighted by molar-refractivity contribution is 6.38. The maximum absolute atomic E-state index is 13.4. The molecule has 2 aliphatic rings. The maximum Gasteiger partial charge on any atom is 0.289 e. The van der Waals surface area contributed by atoms with Crippen LogP contribution in [-0.2, 0) is 4.79 Å². The maximum atomic E-state index is 13.4. The van der Waals surface area contributed by atoms with Gasteiger partial charge in [0.15, 0.2) is 5.84 Å². The lowest BCUT2D eigenvalue weighted by Gasteiger charge is -2.47. The third-order valence-electron chi connectivity index (χ3n) is 6.62. The Morgan fingerprint density at radius 3 is 2.47 bits per heavy atom. The predicted molar refractivity (Wildman–Crippen MR) is 137 cm³/mol. The largest absolute Gasteiger partial charge is 0.342 e. The Morgan fingerprint density at radius 2 is 1.76 bits per heavy atom. The summed E-state index contributed by atoms with van der Waals surface area (Å²) in [5.74, 6) is 0.624. The second-order valence-electron chi connectivity index (χ2n) is 9.94. The van der Waals surface area contributed by atoms with Gasteiger partial charge in [-0.15, -0.1) is 0 Å². The van der Waals surface area contributed by atoms with Crippen LogP contribution in [0.25, 0.3) is 5.57 Å². The molecule has 2 aromatic carbocycles. The van der Waals surface area contributed by atoms with Crippen molar-refractivity contribution in [3.63, 3.8) is 0 Å². The number of piperazine rings is 1. The highest BCUT2D eigenvalue weighted by Crippen LogP contribution is 2.25. The minimum Gasteiger partial charge on any atom is -0.342 e. The number of nitrogens with one attached hydrogen (secondary N) is 1. The number of nitrogens with zero attached hydrogens (tertiary/aromatic N) is 3. The van der Waals surface area contributed by atoms with E-state index >= 15 is 0 Å². The smallest absolute Gasteiger partial charge is 0.289 e. The SMILES string of the molecule is CC(C)c1cccc(C(=O)N2CCN(C(=O)C3=NCCC(c4ccccc4)=CN3)C(C)(C)C2)c1. The molecule has 1 N–H and O–H groups in total. The van der Waals surface area contributed by atoms with Crippen LogP contribution in [0.1, 0.15) is 61.5 Å². The fourth-order valence-electron chi connectivity index (χ4n) is 4.62. The normalized spacial score (nSPS) is 18.0. The second-order valence-corrected chi connectivity index (χ2v) is 9.94. The summed E-state index contributed by atoms with van der Waals surface area (Å²) < 4.78 is 0. The minimum absolute atomic E-state index is 0.0167. The molecule has 0 spiro atoms. The Hall–Kier alpha value is -3.41. The van der Waals surface area contributed by atoms with Crippen LogP contribution in [0.2, 0.25) is 0 Å². The van der Waals surface area contributed by atoms with Crippen LogP contribution >= 0.6 is 0 Å². The Kier molecular flexibility index (Phi) is 6.87. The van der Waals surface area contributed by atoms with Gasteiger partial charge in [0.25, 0.3) is 11.8 Å².